The highest BCUT2D eigenvalue weighted by Gasteiger charge is 2.25. The van der Waals surface area contributed by atoms with E-state index >= 15 is 0 Å². The van der Waals surface area contributed by atoms with Crippen LogP contribution in [-0.2, 0) is 14.3 Å². The summed E-state index contributed by atoms with van der Waals surface area (Å²) >= 11 is 0. The molecule has 3 N–H and O–H groups in total. The van der Waals surface area contributed by atoms with Gasteiger partial charge in [-0.2, -0.15) is 0 Å². The van der Waals surface area contributed by atoms with Crippen LogP contribution in [0, 0.1) is 13.8 Å². The standard InChI is InChI=1S/C26H33N5O4/c1-4-35-23(32)16-31-13-11-30(12-14-31)10-9-27-26(34)24-17(2)22(28-18(24)3)15-20-19-7-5-6-8-21(19)29-25(20)33/h5-8,15,28H,4,9-14,16H2,1-3H3,(H,27,34)(H,29,33)/b20-15-. The van der Waals surface area contributed by atoms with Gasteiger partial charge in [0.2, 0.25) is 0 Å². The van der Waals surface area contributed by atoms with Gasteiger partial charge in [0.15, 0.2) is 0 Å². The fourth-order valence-corrected chi connectivity index (χ4v) is 4.66. The van der Waals surface area contributed by atoms with Crippen LogP contribution in [-0.4, -0.2) is 85.0 Å². The number of rotatable bonds is 8. The summed E-state index contributed by atoms with van der Waals surface area (Å²) in [5.74, 6) is -0.456. The lowest BCUT2D eigenvalue weighted by molar-refractivity contribution is -0.144. The van der Waals surface area contributed by atoms with Gasteiger partial charge in [0.05, 0.1) is 24.3 Å². The molecule has 0 radical (unpaired) electrons. The summed E-state index contributed by atoms with van der Waals surface area (Å²) < 4.78 is 5.02. The van der Waals surface area contributed by atoms with Crippen LogP contribution >= 0.6 is 0 Å². The SMILES string of the molecule is CCOC(=O)CN1CCN(CCNC(=O)c2c(C)[nH]c(/C=C3\C(=O)Nc4ccccc43)c2C)CC1. The molecule has 35 heavy (non-hydrogen) atoms. The number of nitrogens with one attached hydrogen (secondary N) is 3. The van der Waals surface area contributed by atoms with Crippen molar-refractivity contribution in [3.63, 3.8) is 0 Å². The predicted octanol–water partition coefficient (Wildman–Crippen LogP) is 2.03. The molecule has 186 valence electrons. The number of aryl methyl sites for hydroxylation is 1. The first-order valence-corrected chi connectivity index (χ1v) is 12.1. The molecule has 1 aromatic heterocycles. The third-order valence-corrected chi connectivity index (χ3v) is 6.54. The maximum Gasteiger partial charge on any atom is 0.320 e. The quantitative estimate of drug-likeness (QED) is 0.395. The minimum Gasteiger partial charge on any atom is -0.465 e. The highest BCUT2D eigenvalue weighted by molar-refractivity contribution is 6.34. The number of esters is 1. The Morgan fingerprint density at radius 3 is 2.57 bits per heavy atom. The van der Waals surface area contributed by atoms with Crippen LogP contribution in [0.3, 0.4) is 0 Å². The maximum atomic E-state index is 13.0. The maximum absolute atomic E-state index is 13.0. The van der Waals surface area contributed by atoms with Gasteiger partial charge in [-0.25, -0.2) is 0 Å². The smallest absolute Gasteiger partial charge is 0.320 e. The third-order valence-electron chi connectivity index (χ3n) is 6.54. The Morgan fingerprint density at radius 2 is 1.83 bits per heavy atom. The van der Waals surface area contributed by atoms with Crippen molar-refractivity contribution in [3.05, 3.63) is 52.3 Å². The average Bonchev–Trinajstić information content (AvgIpc) is 3.30. The minimum absolute atomic E-state index is 0.127. The van der Waals surface area contributed by atoms with Crippen molar-refractivity contribution in [1.29, 1.82) is 0 Å². The largest absolute Gasteiger partial charge is 0.465 e. The van der Waals surface area contributed by atoms with Gasteiger partial charge in [-0.3, -0.25) is 24.2 Å². The molecular formula is C26H33N5O4. The lowest BCUT2D eigenvalue weighted by Gasteiger charge is -2.34. The molecule has 9 nitrogen and oxygen atoms in total. The Hall–Kier alpha value is -3.43. The van der Waals surface area contributed by atoms with Crippen molar-refractivity contribution >= 4 is 35.1 Å². The van der Waals surface area contributed by atoms with Crippen molar-refractivity contribution in [2.45, 2.75) is 20.8 Å². The number of carbonyl (C=O) groups is 3. The Labute approximate surface area is 205 Å². The molecule has 0 bridgehead atoms. The fraction of sp³-hybridized carbons (Fsp3) is 0.423. The number of ether oxygens (including phenoxy) is 1. The Kier molecular flexibility index (Phi) is 7.67. The van der Waals surface area contributed by atoms with Crippen molar-refractivity contribution in [2.24, 2.45) is 0 Å². The van der Waals surface area contributed by atoms with E-state index in [1.54, 1.807) is 0 Å². The molecule has 4 rings (SSSR count). The highest BCUT2D eigenvalue weighted by atomic mass is 16.5. The van der Waals surface area contributed by atoms with E-state index in [1.807, 2.05) is 51.1 Å². The highest BCUT2D eigenvalue weighted by Crippen LogP contribution is 2.33. The van der Waals surface area contributed by atoms with E-state index in [9.17, 15) is 14.4 Å². The summed E-state index contributed by atoms with van der Waals surface area (Å²) in [5.41, 5.74) is 5.19. The molecule has 2 amide bonds. The number of aromatic nitrogens is 1. The van der Waals surface area contributed by atoms with Crippen molar-refractivity contribution in [2.75, 3.05) is 57.7 Å². The van der Waals surface area contributed by atoms with Crippen molar-refractivity contribution in [1.82, 2.24) is 20.1 Å². The van der Waals surface area contributed by atoms with E-state index in [4.69, 9.17) is 4.74 Å². The summed E-state index contributed by atoms with van der Waals surface area (Å²) in [6.07, 6.45) is 1.82. The van der Waals surface area contributed by atoms with Gasteiger partial charge in [-0.15, -0.1) is 0 Å². The molecule has 0 spiro atoms. The summed E-state index contributed by atoms with van der Waals surface area (Å²) in [6, 6.07) is 7.57. The van der Waals surface area contributed by atoms with Crippen LogP contribution in [0.2, 0.25) is 0 Å². The fourth-order valence-electron chi connectivity index (χ4n) is 4.66. The van der Waals surface area contributed by atoms with Crippen molar-refractivity contribution < 1.29 is 19.1 Å². The number of aromatic amines is 1. The summed E-state index contributed by atoms with van der Waals surface area (Å²) in [4.78, 5) is 44.7. The number of H-pyrrole nitrogens is 1. The van der Waals surface area contributed by atoms with Crippen LogP contribution in [0.4, 0.5) is 5.69 Å². The summed E-state index contributed by atoms with van der Waals surface area (Å²) in [5, 5.41) is 5.91. The van der Waals surface area contributed by atoms with Crippen LogP contribution in [0.5, 0.6) is 0 Å². The molecule has 0 atom stereocenters. The number of hydrogen-bond acceptors (Lipinski definition) is 6. The van der Waals surface area contributed by atoms with Crippen LogP contribution in [0.1, 0.15) is 39.8 Å². The van der Waals surface area contributed by atoms with Gasteiger partial charge < -0.3 is 20.4 Å². The van der Waals surface area contributed by atoms with Gasteiger partial charge in [-0.05, 0) is 38.5 Å². The van der Waals surface area contributed by atoms with Gasteiger partial charge in [0.25, 0.3) is 11.8 Å². The first-order valence-electron chi connectivity index (χ1n) is 12.1. The van der Waals surface area contributed by atoms with Crippen LogP contribution in [0.15, 0.2) is 24.3 Å². The number of nitrogens with zero attached hydrogens (tertiary/aromatic N) is 2. The molecule has 1 aromatic carbocycles. The minimum atomic E-state index is -0.182. The van der Waals surface area contributed by atoms with Crippen LogP contribution < -0.4 is 10.6 Å². The van der Waals surface area contributed by atoms with Gasteiger partial charge >= 0.3 is 5.97 Å². The third kappa shape index (κ3) is 5.63. The molecule has 3 heterocycles. The van der Waals surface area contributed by atoms with E-state index in [-0.39, 0.29) is 17.8 Å². The first-order chi connectivity index (χ1) is 16.9. The van der Waals surface area contributed by atoms with E-state index < -0.39 is 0 Å². The number of benzene rings is 1. The monoisotopic (exact) mass is 479 g/mol. The lowest BCUT2D eigenvalue weighted by Crippen LogP contribution is -2.49. The summed E-state index contributed by atoms with van der Waals surface area (Å²) in [6.45, 7) is 10.9. The zero-order chi connectivity index (χ0) is 24.9. The zero-order valence-electron chi connectivity index (χ0n) is 20.6. The zero-order valence-corrected chi connectivity index (χ0v) is 20.6. The Bertz CT molecular complexity index is 1140. The summed E-state index contributed by atoms with van der Waals surface area (Å²) in [7, 11) is 0. The number of carbonyl (C=O) groups excluding carboxylic acids is 3. The number of piperazine rings is 1. The molecular weight excluding hydrogens is 446 g/mol. The van der Waals surface area contributed by atoms with Crippen molar-refractivity contribution in [3.8, 4) is 0 Å². The van der Waals surface area contributed by atoms with E-state index in [0.29, 0.717) is 30.8 Å². The van der Waals surface area contributed by atoms with Gasteiger partial charge in [-0.1, -0.05) is 18.2 Å². The van der Waals surface area contributed by atoms with E-state index in [0.717, 1.165) is 60.9 Å². The second-order valence-electron chi connectivity index (χ2n) is 8.90. The number of fused-ring (bicyclic) bond motifs is 1. The first kappa shape index (κ1) is 24.7. The molecule has 0 unspecified atom stereocenters. The average molecular weight is 480 g/mol. The molecule has 1 saturated heterocycles. The number of amides is 2. The van der Waals surface area contributed by atoms with E-state index in [2.05, 4.69) is 25.4 Å². The second-order valence-corrected chi connectivity index (χ2v) is 8.90. The Balaban J connectivity index is 1.32. The van der Waals surface area contributed by atoms with Crippen LogP contribution in [0.25, 0.3) is 11.6 Å². The topological polar surface area (TPSA) is 107 Å². The Morgan fingerprint density at radius 1 is 1.11 bits per heavy atom. The second kappa shape index (κ2) is 10.9. The molecule has 1 fully saturated rings. The molecule has 9 heteroatoms. The number of anilines is 1. The predicted molar refractivity (Wildman–Crippen MR) is 135 cm³/mol. The lowest BCUT2D eigenvalue weighted by atomic mass is 10.0. The normalized spacial score (nSPS) is 17.3. The number of para-hydroxylation sites is 1. The molecule has 2 aromatic rings. The van der Waals surface area contributed by atoms with E-state index in [1.165, 1.54) is 0 Å². The molecule has 0 aliphatic carbocycles. The van der Waals surface area contributed by atoms with Gasteiger partial charge in [0.1, 0.15) is 0 Å². The van der Waals surface area contributed by atoms with Gasteiger partial charge in [0, 0.05) is 61.9 Å². The molecule has 2 aliphatic rings. The number of hydrogen-bond donors (Lipinski definition) is 3. The molecule has 0 saturated carbocycles. The molecule has 2 aliphatic heterocycles.